The molecule has 1 fully saturated rings. The third kappa shape index (κ3) is 3.31. The number of hydrogen-bond donors (Lipinski definition) is 2. The van der Waals surface area contributed by atoms with Crippen LogP contribution < -0.4 is 10.6 Å². The lowest BCUT2D eigenvalue weighted by Crippen LogP contribution is -2.44. The predicted molar refractivity (Wildman–Crippen MR) is 66.2 cm³/mol. The summed E-state index contributed by atoms with van der Waals surface area (Å²) in [5.74, 6) is -3.07. The quantitative estimate of drug-likeness (QED) is 0.434. The second-order valence-electron chi connectivity index (χ2n) is 4.08. The molecule has 9 heteroatoms. The zero-order valence-electron chi connectivity index (χ0n) is 11.3. The van der Waals surface area contributed by atoms with E-state index >= 15 is 0 Å². The number of nitrogens with one attached hydrogen (secondary N) is 2. The number of nitrogens with zero attached hydrogens (tertiary/aromatic N) is 2. The van der Waals surface area contributed by atoms with Crippen LogP contribution in [-0.4, -0.2) is 66.1 Å². The first-order valence-corrected chi connectivity index (χ1v) is 6.07. The van der Waals surface area contributed by atoms with Crippen LogP contribution >= 0.6 is 0 Å². The number of hydrogen-bond acceptors (Lipinski definition) is 5. The van der Waals surface area contributed by atoms with Crippen molar-refractivity contribution >= 4 is 29.7 Å². The average molecular weight is 284 g/mol. The maximum absolute atomic E-state index is 11.8. The molecule has 0 spiro atoms. The Bertz CT molecular complexity index is 462. The maximum atomic E-state index is 11.8. The molecule has 0 aromatic carbocycles. The molecule has 0 saturated carbocycles. The fourth-order valence-electron chi connectivity index (χ4n) is 1.58. The van der Waals surface area contributed by atoms with Crippen molar-refractivity contribution in [2.24, 2.45) is 0 Å². The molecule has 1 saturated heterocycles. The predicted octanol–water partition coefficient (Wildman–Crippen LogP) is -1.95. The molecule has 0 unspecified atom stereocenters. The van der Waals surface area contributed by atoms with Gasteiger partial charge in [0, 0.05) is 13.6 Å². The van der Waals surface area contributed by atoms with Crippen molar-refractivity contribution in [3.8, 4) is 0 Å². The van der Waals surface area contributed by atoms with Gasteiger partial charge in [0.15, 0.2) is 0 Å². The van der Waals surface area contributed by atoms with Crippen LogP contribution in [0.25, 0.3) is 0 Å². The minimum atomic E-state index is -1.03. The van der Waals surface area contributed by atoms with Crippen LogP contribution in [0.1, 0.15) is 13.3 Å². The lowest BCUT2D eigenvalue weighted by atomic mass is 10.4. The van der Waals surface area contributed by atoms with Gasteiger partial charge >= 0.3 is 17.8 Å². The highest BCUT2D eigenvalue weighted by molar-refractivity contribution is 6.45. The van der Waals surface area contributed by atoms with Gasteiger partial charge in [0.1, 0.15) is 6.54 Å². The Kier molecular flexibility index (Phi) is 5.18. The molecule has 1 aliphatic heterocycles. The molecule has 110 valence electrons. The van der Waals surface area contributed by atoms with Gasteiger partial charge in [-0.3, -0.25) is 24.1 Å². The minimum absolute atomic E-state index is 0.125. The second kappa shape index (κ2) is 6.64. The fourth-order valence-corrected chi connectivity index (χ4v) is 1.58. The van der Waals surface area contributed by atoms with Gasteiger partial charge in [-0.2, -0.15) is 0 Å². The molecule has 0 aromatic rings. The minimum Gasteiger partial charge on any atom is -0.358 e. The van der Waals surface area contributed by atoms with E-state index in [1.807, 2.05) is 0 Å². The van der Waals surface area contributed by atoms with E-state index in [0.29, 0.717) is 11.3 Å². The highest BCUT2D eigenvalue weighted by Gasteiger charge is 2.44. The number of imide groups is 2. The van der Waals surface area contributed by atoms with Gasteiger partial charge in [-0.1, -0.05) is 6.92 Å². The highest BCUT2D eigenvalue weighted by Crippen LogP contribution is 2.11. The van der Waals surface area contributed by atoms with Gasteiger partial charge in [-0.15, -0.1) is 0 Å². The van der Waals surface area contributed by atoms with Crippen LogP contribution in [0.5, 0.6) is 0 Å². The van der Waals surface area contributed by atoms with Crippen LogP contribution in [-0.2, 0) is 19.2 Å². The van der Waals surface area contributed by atoms with Gasteiger partial charge in [0.05, 0.1) is 6.54 Å². The van der Waals surface area contributed by atoms with Crippen molar-refractivity contribution in [2.75, 3.05) is 26.7 Å². The monoisotopic (exact) mass is 284 g/mol. The normalized spacial score (nSPS) is 14.8. The van der Waals surface area contributed by atoms with Gasteiger partial charge in [-0.05, 0) is 6.42 Å². The van der Waals surface area contributed by atoms with Crippen LogP contribution in [0.2, 0.25) is 0 Å². The summed E-state index contributed by atoms with van der Waals surface area (Å²) < 4.78 is 0. The number of rotatable bonds is 6. The number of carbonyl (C=O) groups excluding carboxylic acids is 5. The van der Waals surface area contributed by atoms with Crippen molar-refractivity contribution in [2.45, 2.75) is 13.3 Å². The summed E-state index contributed by atoms with van der Waals surface area (Å²) in [5.41, 5.74) is 0. The Balaban J connectivity index is 2.61. The van der Waals surface area contributed by atoms with Gasteiger partial charge in [0.2, 0.25) is 11.8 Å². The first-order valence-electron chi connectivity index (χ1n) is 6.07. The molecule has 6 amide bonds. The highest BCUT2D eigenvalue weighted by atomic mass is 16.2. The summed E-state index contributed by atoms with van der Waals surface area (Å²) in [6, 6.07) is -0.808. The van der Waals surface area contributed by atoms with Crippen molar-refractivity contribution in [1.82, 2.24) is 20.4 Å². The topological polar surface area (TPSA) is 116 Å². The standard InChI is InChI=1S/C11H16N4O5/c1-3-4-14-9(18)10(19)15(11(14)20)6-8(17)13-5-7(16)12-2/h3-6H2,1-2H3,(H,12,16)(H,13,17). The van der Waals surface area contributed by atoms with Crippen molar-refractivity contribution in [1.29, 1.82) is 0 Å². The maximum Gasteiger partial charge on any atom is 0.334 e. The molecule has 1 rings (SSSR count). The summed E-state index contributed by atoms with van der Waals surface area (Å²) in [4.78, 5) is 58.7. The van der Waals surface area contributed by atoms with Crippen molar-refractivity contribution < 1.29 is 24.0 Å². The number of urea groups is 1. The Morgan fingerprint density at radius 2 is 1.65 bits per heavy atom. The SMILES string of the molecule is CCCN1C(=O)C(=O)N(CC(=O)NCC(=O)NC)C1=O. The second-order valence-corrected chi connectivity index (χ2v) is 4.08. The summed E-state index contributed by atoms with van der Waals surface area (Å²) >= 11 is 0. The van der Waals surface area contributed by atoms with E-state index in [0.717, 1.165) is 4.90 Å². The molecule has 1 heterocycles. The molecule has 2 N–H and O–H groups in total. The molecule has 0 atom stereocenters. The smallest absolute Gasteiger partial charge is 0.334 e. The molecule has 9 nitrogen and oxygen atoms in total. The van der Waals surface area contributed by atoms with Crippen LogP contribution in [0.4, 0.5) is 4.79 Å². The first kappa shape index (κ1) is 15.6. The Labute approximate surface area is 115 Å². The third-order valence-electron chi connectivity index (χ3n) is 2.61. The third-order valence-corrected chi connectivity index (χ3v) is 2.61. The Morgan fingerprint density at radius 3 is 2.20 bits per heavy atom. The zero-order valence-corrected chi connectivity index (χ0v) is 11.3. The molecule has 0 aliphatic carbocycles. The Hall–Kier alpha value is -2.45. The van der Waals surface area contributed by atoms with E-state index in [2.05, 4.69) is 10.6 Å². The largest absolute Gasteiger partial charge is 0.358 e. The molecule has 1 aliphatic rings. The summed E-state index contributed by atoms with van der Waals surface area (Å²) in [6.07, 6.45) is 0.515. The molecular formula is C11H16N4O5. The summed E-state index contributed by atoms with van der Waals surface area (Å²) in [5, 5.41) is 4.53. The van der Waals surface area contributed by atoms with Gasteiger partial charge in [0.25, 0.3) is 0 Å². The molecule has 0 bridgehead atoms. The van der Waals surface area contributed by atoms with E-state index in [-0.39, 0.29) is 13.1 Å². The van der Waals surface area contributed by atoms with E-state index in [4.69, 9.17) is 0 Å². The van der Waals surface area contributed by atoms with E-state index in [1.165, 1.54) is 7.05 Å². The fraction of sp³-hybridized carbons (Fsp3) is 0.545. The summed E-state index contributed by atoms with van der Waals surface area (Å²) in [7, 11) is 1.41. The number of likely N-dealkylation sites (N-methyl/N-ethyl adjacent to an activating group) is 1. The van der Waals surface area contributed by atoms with E-state index in [1.54, 1.807) is 6.92 Å². The van der Waals surface area contributed by atoms with Crippen LogP contribution in [0.3, 0.4) is 0 Å². The first-order chi connectivity index (χ1) is 9.42. The lowest BCUT2D eigenvalue weighted by molar-refractivity contribution is -0.144. The summed E-state index contributed by atoms with van der Waals surface area (Å²) in [6.45, 7) is 1.03. The molecule has 0 aromatic heterocycles. The number of amides is 6. The van der Waals surface area contributed by atoms with Crippen molar-refractivity contribution in [3.63, 3.8) is 0 Å². The molecular weight excluding hydrogens is 268 g/mol. The van der Waals surface area contributed by atoms with Crippen molar-refractivity contribution in [3.05, 3.63) is 0 Å². The van der Waals surface area contributed by atoms with Gasteiger partial charge < -0.3 is 10.6 Å². The Morgan fingerprint density at radius 1 is 1.05 bits per heavy atom. The van der Waals surface area contributed by atoms with E-state index < -0.39 is 36.2 Å². The lowest BCUT2D eigenvalue weighted by Gasteiger charge is -2.14. The molecule has 0 radical (unpaired) electrons. The van der Waals surface area contributed by atoms with Crippen LogP contribution in [0, 0.1) is 0 Å². The van der Waals surface area contributed by atoms with Gasteiger partial charge in [-0.25, -0.2) is 9.69 Å². The van der Waals surface area contributed by atoms with E-state index in [9.17, 15) is 24.0 Å². The number of carbonyl (C=O) groups is 5. The van der Waals surface area contributed by atoms with Crippen LogP contribution in [0.15, 0.2) is 0 Å². The molecule has 20 heavy (non-hydrogen) atoms. The average Bonchev–Trinajstić information content (AvgIpc) is 2.62. The zero-order chi connectivity index (χ0) is 15.3.